The number of thiophene rings is 1. The van der Waals surface area contributed by atoms with Crippen LogP contribution < -0.4 is 16.2 Å². The summed E-state index contributed by atoms with van der Waals surface area (Å²) < 4.78 is 10.6. The van der Waals surface area contributed by atoms with Gasteiger partial charge in [0.15, 0.2) is 5.16 Å². The minimum Gasteiger partial charge on any atom is -0.467 e. The monoisotopic (exact) mass is 432 g/mol. The van der Waals surface area contributed by atoms with Crippen LogP contribution in [-0.2, 0) is 9.53 Å². The molecule has 4 heterocycles. The second-order valence-corrected chi connectivity index (χ2v) is 7.82. The van der Waals surface area contributed by atoms with Gasteiger partial charge in [0.1, 0.15) is 16.6 Å². The molecule has 0 saturated heterocycles. The first-order valence-electron chi connectivity index (χ1n) is 8.68. The van der Waals surface area contributed by atoms with Gasteiger partial charge in [0, 0.05) is 11.4 Å². The van der Waals surface area contributed by atoms with E-state index in [2.05, 4.69) is 20.6 Å². The van der Waals surface area contributed by atoms with Crippen LogP contribution in [0.1, 0.15) is 18.7 Å². The summed E-state index contributed by atoms with van der Waals surface area (Å²) in [5.41, 5.74) is 0.377. The number of carbonyl (C=O) groups is 2. The van der Waals surface area contributed by atoms with Gasteiger partial charge in [-0.1, -0.05) is 11.8 Å². The highest BCUT2D eigenvalue weighted by molar-refractivity contribution is 7.99. The van der Waals surface area contributed by atoms with Gasteiger partial charge in [0.05, 0.1) is 23.8 Å². The fourth-order valence-electron chi connectivity index (χ4n) is 2.90. The highest BCUT2D eigenvalue weighted by Gasteiger charge is 2.35. The molecular formula is C18H16N4O5S2. The molecule has 0 bridgehead atoms. The van der Waals surface area contributed by atoms with Gasteiger partial charge >= 0.3 is 12.0 Å². The van der Waals surface area contributed by atoms with Gasteiger partial charge in [-0.3, -0.25) is 4.79 Å². The summed E-state index contributed by atoms with van der Waals surface area (Å²) in [5, 5.41) is 8.06. The van der Waals surface area contributed by atoms with Crippen LogP contribution in [0, 0.1) is 0 Å². The molecule has 0 fully saturated rings. The van der Waals surface area contributed by atoms with Crippen LogP contribution in [0.15, 0.2) is 55.5 Å². The maximum absolute atomic E-state index is 12.6. The predicted molar refractivity (Wildman–Crippen MR) is 108 cm³/mol. The lowest BCUT2D eigenvalue weighted by Crippen LogP contribution is -2.46. The topological polar surface area (TPSA) is 126 Å². The summed E-state index contributed by atoms with van der Waals surface area (Å²) in [4.78, 5) is 44.7. The zero-order valence-electron chi connectivity index (χ0n) is 15.2. The number of nitrogens with zero attached hydrogens (tertiary/aromatic N) is 1. The molecule has 1 atom stereocenters. The molecule has 4 rings (SSSR count). The number of urea groups is 1. The third-order valence-corrected chi connectivity index (χ3v) is 5.85. The molecule has 0 saturated carbocycles. The number of aromatic amines is 1. The number of furan rings is 1. The van der Waals surface area contributed by atoms with Crippen molar-refractivity contribution in [1.29, 1.82) is 0 Å². The first kappa shape index (κ1) is 19.3. The predicted octanol–water partition coefficient (Wildman–Crippen LogP) is 2.54. The fraction of sp³-hybridized carbons (Fsp3) is 0.222. The number of hydrogen-bond donors (Lipinski definition) is 3. The third-order valence-electron chi connectivity index (χ3n) is 4.14. The number of aromatic nitrogens is 2. The summed E-state index contributed by atoms with van der Waals surface area (Å²) in [5.74, 6) is 0.0441. The maximum atomic E-state index is 12.6. The van der Waals surface area contributed by atoms with Gasteiger partial charge in [0.25, 0.3) is 5.56 Å². The minimum absolute atomic E-state index is 0.186. The second-order valence-electron chi connectivity index (χ2n) is 5.96. The van der Waals surface area contributed by atoms with Gasteiger partial charge in [-0.05, 0) is 30.5 Å². The molecule has 29 heavy (non-hydrogen) atoms. The van der Waals surface area contributed by atoms with Crippen molar-refractivity contribution in [3.05, 3.63) is 57.2 Å². The molecule has 0 aliphatic carbocycles. The third kappa shape index (κ3) is 3.91. The van der Waals surface area contributed by atoms with Gasteiger partial charge in [-0.25, -0.2) is 14.6 Å². The van der Waals surface area contributed by atoms with Crippen LogP contribution in [0.2, 0.25) is 0 Å². The number of amides is 2. The van der Waals surface area contributed by atoms with E-state index < -0.39 is 18.0 Å². The Kier molecular flexibility index (Phi) is 5.41. The molecule has 0 spiro atoms. The lowest BCUT2D eigenvalue weighted by Gasteiger charge is -2.27. The summed E-state index contributed by atoms with van der Waals surface area (Å²) in [7, 11) is 0. The molecule has 0 radical (unpaired) electrons. The Balaban J connectivity index is 1.68. The van der Waals surface area contributed by atoms with Gasteiger partial charge in [0.2, 0.25) is 0 Å². The largest absolute Gasteiger partial charge is 0.467 e. The van der Waals surface area contributed by atoms with Crippen LogP contribution in [0.5, 0.6) is 0 Å². The van der Waals surface area contributed by atoms with Gasteiger partial charge < -0.3 is 24.8 Å². The van der Waals surface area contributed by atoms with E-state index in [0.717, 1.165) is 0 Å². The highest BCUT2D eigenvalue weighted by Crippen LogP contribution is 2.30. The van der Waals surface area contributed by atoms with Crippen LogP contribution in [0.3, 0.4) is 0 Å². The second kappa shape index (κ2) is 8.13. The Morgan fingerprint density at radius 3 is 3.00 bits per heavy atom. The molecule has 1 unspecified atom stereocenters. The number of H-pyrrole nitrogens is 1. The summed E-state index contributed by atoms with van der Waals surface area (Å²) in [6, 6.07) is 3.81. The first-order chi connectivity index (χ1) is 14.1. The summed E-state index contributed by atoms with van der Waals surface area (Å²) in [6.07, 6.45) is 1.46. The zero-order valence-corrected chi connectivity index (χ0v) is 16.8. The molecule has 3 N–H and O–H groups in total. The number of fused-ring (bicyclic) bond motifs is 1. The number of esters is 1. The van der Waals surface area contributed by atoms with E-state index in [9.17, 15) is 14.4 Å². The van der Waals surface area contributed by atoms with E-state index >= 15 is 0 Å². The zero-order chi connectivity index (χ0) is 20.4. The van der Waals surface area contributed by atoms with Crippen LogP contribution in [0.25, 0.3) is 10.2 Å². The number of thioether (sulfide) groups is 1. The Morgan fingerprint density at radius 1 is 1.38 bits per heavy atom. The Bertz CT molecular complexity index is 1150. The number of hydrogen-bond acceptors (Lipinski definition) is 8. The lowest BCUT2D eigenvalue weighted by atomic mass is 10.0. The minimum atomic E-state index is -0.778. The van der Waals surface area contributed by atoms with Crippen LogP contribution in [0.4, 0.5) is 4.79 Å². The van der Waals surface area contributed by atoms with Gasteiger partial charge in [-0.2, -0.15) is 0 Å². The molecule has 1 aliphatic heterocycles. The SMILES string of the molecule is CCOC(=O)C1=C(CSc2nc3sccc3c(=O)[nH]2)NC(=O)NC1c1ccco1. The van der Waals surface area contributed by atoms with Crippen molar-refractivity contribution in [1.82, 2.24) is 20.6 Å². The molecule has 3 aromatic heterocycles. The molecule has 150 valence electrons. The van der Waals surface area contributed by atoms with Crippen molar-refractivity contribution in [3.63, 3.8) is 0 Å². The van der Waals surface area contributed by atoms with E-state index in [-0.39, 0.29) is 23.5 Å². The molecule has 1 aliphatic rings. The number of ether oxygens (including phenoxy) is 1. The molecule has 0 aromatic carbocycles. The quantitative estimate of drug-likeness (QED) is 0.310. The number of nitrogens with one attached hydrogen (secondary N) is 3. The standard InChI is InChI=1S/C18H16N4O5S2/c1-2-26-16(24)12-10(19-17(25)20-13(12)11-4-3-6-27-11)8-29-18-21-14(23)9-5-7-28-15(9)22-18/h3-7,13H,2,8H2,1H3,(H2,19,20,25)(H,21,22,23). The number of carbonyl (C=O) groups excluding carboxylic acids is 2. The van der Waals surface area contributed by atoms with Crippen molar-refractivity contribution in [3.8, 4) is 0 Å². The summed E-state index contributed by atoms with van der Waals surface area (Å²) in [6.45, 7) is 1.89. The molecule has 3 aromatic rings. The molecule has 9 nitrogen and oxygen atoms in total. The van der Waals surface area contributed by atoms with E-state index in [1.54, 1.807) is 30.5 Å². The Morgan fingerprint density at radius 2 is 2.24 bits per heavy atom. The fourth-order valence-corrected chi connectivity index (χ4v) is 4.56. The first-order valence-corrected chi connectivity index (χ1v) is 10.5. The van der Waals surface area contributed by atoms with Crippen molar-refractivity contribution in [2.45, 2.75) is 18.1 Å². The van der Waals surface area contributed by atoms with E-state index in [1.165, 1.54) is 29.4 Å². The Hall–Kier alpha value is -3.05. The maximum Gasteiger partial charge on any atom is 0.338 e. The van der Waals surface area contributed by atoms with Gasteiger partial charge in [-0.15, -0.1) is 11.3 Å². The van der Waals surface area contributed by atoms with E-state index in [4.69, 9.17) is 9.15 Å². The smallest absolute Gasteiger partial charge is 0.338 e. The van der Waals surface area contributed by atoms with Crippen molar-refractivity contribution in [2.24, 2.45) is 0 Å². The average Bonchev–Trinajstić information content (AvgIpc) is 3.38. The van der Waals surface area contributed by atoms with Crippen molar-refractivity contribution >= 4 is 45.3 Å². The average molecular weight is 432 g/mol. The highest BCUT2D eigenvalue weighted by atomic mass is 32.2. The molecule has 11 heteroatoms. The summed E-state index contributed by atoms with van der Waals surface area (Å²) >= 11 is 2.57. The van der Waals surface area contributed by atoms with Crippen LogP contribution >= 0.6 is 23.1 Å². The lowest BCUT2D eigenvalue weighted by molar-refractivity contribution is -0.139. The molecular weight excluding hydrogens is 416 g/mol. The normalized spacial score (nSPS) is 16.6. The van der Waals surface area contributed by atoms with E-state index in [0.29, 0.717) is 26.8 Å². The number of rotatable bonds is 6. The van der Waals surface area contributed by atoms with Crippen molar-refractivity contribution in [2.75, 3.05) is 12.4 Å². The molecule has 2 amide bonds. The Labute approximate surface area is 172 Å². The van der Waals surface area contributed by atoms with Crippen LogP contribution in [-0.4, -0.2) is 34.3 Å². The van der Waals surface area contributed by atoms with E-state index in [1.807, 2.05) is 0 Å². The van der Waals surface area contributed by atoms with Crippen molar-refractivity contribution < 1.29 is 18.7 Å².